The quantitative estimate of drug-likeness (QED) is 0.358. The fraction of sp³-hybridized carbons (Fsp3) is 0.467. The summed E-state index contributed by atoms with van der Waals surface area (Å²) in [6.45, 7) is 7.29. The highest BCUT2D eigenvalue weighted by molar-refractivity contribution is 14.0. The number of halogens is 1. The van der Waals surface area contributed by atoms with Gasteiger partial charge in [0, 0.05) is 11.4 Å². The number of hydrogen-bond acceptors (Lipinski definition) is 5. The Morgan fingerprint density at radius 1 is 1.48 bits per heavy atom. The van der Waals surface area contributed by atoms with Gasteiger partial charge in [-0.05, 0) is 32.9 Å². The number of nitrogens with zero attached hydrogens (tertiary/aromatic N) is 2. The summed E-state index contributed by atoms with van der Waals surface area (Å²) >= 11 is 1.59. The number of aromatic nitrogens is 1. The van der Waals surface area contributed by atoms with Crippen LogP contribution in [0.2, 0.25) is 0 Å². The maximum Gasteiger partial charge on any atom is 0.191 e. The molecule has 8 heteroatoms. The minimum atomic E-state index is -1.10. The Kier molecular flexibility index (Phi) is 8.00. The van der Waals surface area contributed by atoms with Gasteiger partial charge in [-0.1, -0.05) is 0 Å². The van der Waals surface area contributed by atoms with Gasteiger partial charge in [0.1, 0.15) is 11.4 Å². The summed E-state index contributed by atoms with van der Waals surface area (Å²) in [5.74, 6) is 1.18. The molecule has 2 heterocycles. The van der Waals surface area contributed by atoms with Gasteiger partial charge in [0.2, 0.25) is 0 Å². The Hall–Kier alpha value is -1.13. The van der Waals surface area contributed by atoms with Crippen LogP contribution in [0, 0.1) is 6.92 Å². The zero-order chi connectivity index (χ0) is 16.0. The maximum atomic E-state index is 10.4. The topological polar surface area (TPSA) is 82.7 Å². The molecule has 0 saturated heterocycles. The number of thiazole rings is 1. The van der Waals surface area contributed by atoms with E-state index in [2.05, 4.69) is 20.6 Å². The Balaban J connectivity index is 0.00000264. The van der Waals surface area contributed by atoms with Crippen LogP contribution in [0.1, 0.15) is 30.2 Å². The zero-order valence-corrected chi connectivity index (χ0v) is 16.6. The molecular formula is C15H23IN4O2S. The highest BCUT2D eigenvalue weighted by atomic mass is 127. The molecule has 0 amide bonds. The summed E-state index contributed by atoms with van der Waals surface area (Å²) in [5, 5.41) is 16.7. The monoisotopic (exact) mass is 450 g/mol. The summed E-state index contributed by atoms with van der Waals surface area (Å²) < 4.78 is 5.27. The molecule has 0 aliphatic rings. The normalized spacial score (nSPS) is 14.0. The van der Waals surface area contributed by atoms with E-state index in [1.165, 1.54) is 0 Å². The fourth-order valence-electron chi connectivity index (χ4n) is 1.90. The highest BCUT2D eigenvalue weighted by Gasteiger charge is 2.26. The molecule has 2 aromatic heterocycles. The van der Waals surface area contributed by atoms with Crippen LogP contribution in [0.5, 0.6) is 0 Å². The van der Waals surface area contributed by atoms with Gasteiger partial charge in [0.25, 0.3) is 0 Å². The lowest BCUT2D eigenvalue weighted by molar-refractivity contribution is 0.0386. The van der Waals surface area contributed by atoms with Gasteiger partial charge in [0.05, 0.1) is 30.6 Å². The van der Waals surface area contributed by atoms with E-state index in [0.717, 1.165) is 17.1 Å². The summed E-state index contributed by atoms with van der Waals surface area (Å²) in [5.41, 5.74) is 1.73. The molecule has 6 nitrogen and oxygen atoms in total. The van der Waals surface area contributed by atoms with Crippen molar-refractivity contribution in [1.82, 2.24) is 15.6 Å². The molecule has 0 aliphatic heterocycles. The highest BCUT2D eigenvalue weighted by Crippen LogP contribution is 2.19. The van der Waals surface area contributed by atoms with Crippen LogP contribution in [-0.4, -0.2) is 29.1 Å². The molecule has 0 aliphatic carbocycles. The van der Waals surface area contributed by atoms with E-state index in [1.54, 1.807) is 36.7 Å². The lowest BCUT2D eigenvalue weighted by Crippen LogP contribution is -2.44. The summed E-state index contributed by atoms with van der Waals surface area (Å²) in [6, 6.07) is 3.52. The summed E-state index contributed by atoms with van der Waals surface area (Å²) in [6.07, 6.45) is 1.55. The standard InChI is InChI=1S/C15H22N4O2S.HI/c1-4-16-14(17-8-12-11(2)19-10-22-12)18-9-15(3,20)13-6-5-7-21-13;/h5-7,10,20H,4,8-9H2,1-3H3,(H2,16,17,18);1H. The van der Waals surface area contributed by atoms with Crippen molar-refractivity contribution >= 4 is 41.3 Å². The second-order valence-electron chi connectivity index (χ2n) is 5.16. The average Bonchev–Trinajstić information content (AvgIpc) is 3.14. The first kappa shape index (κ1) is 19.9. The van der Waals surface area contributed by atoms with E-state index < -0.39 is 5.60 Å². The zero-order valence-electron chi connectivity index (χ0n) is 13.5. The first-order valence-corrected chi connectivity index (χ1v) is 8.08. The molecule has 2 aromatic rings. The third-order valence-electron chi connectivity index (χ3n) is 3.22. The molecule has 0 radical (unpaired) electrons. The van der Waals surface area contributed by atoms with Crippen LogP contribution in [0.25, 0.3) is 0 Å². The number of guanidine groups is 1. The van der Waals surface area contributed by atoms with Crippen LogP contribution in [0.3, 0.4) is 0 Å². The van der Waals surface area contributed by atoms with Crippen molar-refractivity contribution < 1.29 is 9.52 Å². The van der Waals surface area contributed by atoms with Crippen molar-refractivity contribution in [2.75, 3.05) is 13.1 Å². The Labute approximate surface area is 157 Å². The fourth-order valence-corrected chi connectivity index (χ4v) is 2.60. The van der Waals surface area contributed by atoms with E-state index in [-0.39, 0.29) is 24.0 Å². The van der Waals surface area contributed by atoms with E-state index >= 15 is 0 Å². The van der Waals surface area contributed by atoms with Crippen LogP contribution < -0.4 is 10.6 Å². The van der Waals surface area contributed by atoms with Crippen molar-refractivity contribution in [3.05, 3.63) is 40.2 Å². The number of aliphatic hydroxyl groups is 1. The van der Waals surface area contributed by atoms with Crippen molar-refractivity contribution in [2.24, 2.45) is 4.99 Å². The second-order valence-corrected chi connectivity index (χ2v) is 6.10. The molecule has 0 saturated carbocycles. The Morgan fingerprint density at radius 2 is 2.26 bits per heavy atom. The van der Waals surface area contributed by atoms with Gasteiger partial charge in [0.15, 0.2) is 5.96 Å². The largest absolute Gasteiger partial charge is 0.466 e. The number of furan rings is 1. The van der Waals surface area contributed by atoms with E-state index in [1.807, 2.05) is 19.4 Å². The first-order chi connectivity index (χ1) is 10.5. The van der Waals surface area contributed by atoms with Crippen molar-refractivity contribution in [1.29, 1.82) is 0 Å². The molecule has 128 valence electrons. The molecular weight excluding hydrogens is 427 g/mol. The summed E-state index contributed by atoms with van der Waals surface area (Å²) in [7, 11) is 0. The van der Waals surface area contributed by atoms with Crippen molar-refractivity contribution in [3.63, 3.8) is 0 Å². The number of rotatable bonds is 6. The minimum Gasteiger partial charge on any atom is -0.466 e. The van der Waals surface area contributed by atoms with Gasteiger partial charge >= 0.3 is 0 Å². The molecule has 23 heavy (non-hydrogen) atoms. The average molecular weight is 450 g/mol. The van der Waals surface area contributed by atoms with Gasteiger partial charge < -0.3 is 20.2 Å². The lowest BCUT2D eigenvalue weighted by atomic mass is 10.0. The van der Waals surface area contributed by atoms with Crippen LogP contribution in [-0.2, 0) is 12.1 Å². The third kappa shape index (κ3) is 5.78. The molecule has 0 bridgehead atoms. The Morgan fingerprint density at radius 3 is 2.83 bits per heavy atom. The first-order valence-electron chi connectivity index (χ1n) is 7.20. The van der Waals surface area contributed by atoms with Crippen LogP contribution in [0.15, 0.2) is 33.3 Å². The Bertz CT molecular complexity index is 611. The number of hydrogen-bond donors (Lipinski definition) is 3. The van der Waals surface area contributed by atoms with Crippen molar-refractivity contribution in [2.45, 2.75) is 32.9 Å². The molecule has 1 atom stereocenters. The van der Waals surface area contributed by atoms with E-state index in [0.29, 0.717) is 24.8 Å². The molecule has 0 fully saturated rings. The van der Waals surface area contributed by atoms with Crippen LogP contribution >= 0.6 is 35.3 Å². The number of aryl methyl sites for hydroxylation is 1. The van der Waals surface area contributed by atoms with Gasteiger partial charge in [-0.3, -0.25) is 0 Å². The SMILES string of the molecule is CCNC(=NCc1scnc1C)NCC(C)(O)c1ccco1.I. The molecule has 0 aromatic carbocycles. The predicted molar refractivity (Wildman–Crippen MR) is 103 cm³/mol. The minimum absolute atomic E-state index is 0. The van der Waals surface area contributed by atoms with Crippen LogP contribution in [0.4, 0.5) is 0 Å². The molecule has 0 spiro atoms. The van der Waals surface area contributed by atoms with E-state index in [4.69, 9.17) is 4.42 Å². The molecule has 3 N–H and O–H groups in total. The maximum absolute atomic E-state index is 10.4. The molecule has 2 rings (SSSR count). The van der Waals surface area contributed by atoms with Crippen molar-refractivity contribution in [3.8, 4) is 0 Å². The van der Waals surface area contributed by atoms with E-state index in [9.17, 15) is 5.11 Å². The van der Waals surface area contributed by atoms with Gasteiger partial charge in [-0.25, -0.2) is 9.98 Å². The van der Waals surface area contributed by atoms with Gasteiger partial charge in [-0.15, -0.1) is 35.3 Å². The predicted octanol–water partition coefficient (Wildman–Crippen LogP) is 2.63. The second kappa shape index (κ2) is 9.24. The third-order valence-corrected chi connectivity index (χ3v) is 4.14. The van der Waals surface area contributed by atoms with Gasteiger partial charge in [-0.2, -0.15) is 0 Å². The molecule has 1 unspecified atom stereocenters. The number of nitrogens with one attached hydrogen (secondary N) is 2. The number of aliphatic imine (C=N–C) groups is 1. The smallest absolute Gasteiger partial charge is 0.191 e. The lowest BCUT2D eigenvalue weighted by Gasteiger charge is -2.22. The summed E-state index contributed by atoms with van der Waals surface area (Å²) in [4.78, 5) is 9.87.